The number of aromatic nitrogens is 2. The lowest BCUT2D eigenvalue weighted by molar-refractivity contribution is -0.385. The van der Waals surface area contributed by atoms with Crippen LogP contribution in [0.2, 0.25) is 10.3 Å². The number of hydrogen-bond acceptors (Lipinski definition) is 5. The fourth-order valence-corrected chi connectivity index (χ4v) is 1.84. The van der Waals surface area contributed by atoms with Gasteiger partial charge in [-0.15, -0.1) is 0 Å². The smallest absolute Gasteiger partial charge is 0.312 e. The second kappa shape index (κ2) is 5.86. The molecule has 20 heavy (non-hydrogen) atoms. The summed E-state index contributed by atoms with van der Waals surface area (Å²) in [6.45, 7) is 0. The van der Waals surface area contributed by atoms with E-state index in [1.807, 2.05) is 0 Å². The van der Waals surface area contributed by atoms with Crippen LogP contribution in [-0.4, -0.2) is 14.9 Å². The molecular weight excluding hydrogens is 380 g/mol. The minimum Gasteiger partial charge on any atom is -0.430 e. The topological polar surface area (TPSA) is 78.2 Å². The third-order valence-corrected chi connectivity index (χ3v) is 3.14. The van der Waals surface area contributed by atoms with Crippen molar-refractivity contribution in [3.8, 4) is 11.6 Å². The van der Waals surface area contributed by atoms with Crippen LogP contribution in [0.4, 0.5) is 10.1 Å². The summed E-state index contributed by atoms with van der Waals surface area (Å²) in [5.41, 5.74) is -0.455. The normalized spacial score (nSPS) is 10.4. The van der Waals surface area contributed by atoms with Gasteiger partial charge < -0.3 is 4.74 Å². The molecule has 0 spiro atoms. The van der Waals surface area contributed by atoms with Gasteiger partial charge in [-0.2, -0.15) is 4.98 Å². The van der Waals surface area contributed by atoms with Gasteiger partial charge in [0.25, 0.3) is 0 Å². The zero-order valence-corrected chi connectivity index (χ0v) is 12.4. The van der Waals surface area contributed by atoms with E-state index in [0.717, 1.165) is 18.3 Å². The predicted octanol–water partition coefficient (Wildman–Crippen LogP) is 4.39. The number of halogens is 4. The molecule has 0 unspecified atom stereocenters. The molecule has 0 radical (unpaired) electrons. The van der Waals surface area contributed by atoms with E-state index in [1.165, 1.54) is 0 Å². The van der Waals surface area contributed by atoms with Crippen LogP contribution in [0.5, 0.6) is 11.6 Å². The third kappa shape index (κ3) is 3.14. The van der Waals surface area contributed by atoms with Gasteiger partial charge in [-0.25, -0.2) is 9.37 Å². The second-order valence-corrected chi connectivity index (χ2v) is 4.98. The van der Waals surface area contributed by atoms with Gasteiger partial charge in [-0.1, -0.05) is 11.6 Å². The molecule has 0 aliphatic heterocycles. The molecule has 2 aromatic rings. The molecular formula is C10H3BrCl2FN3O3. The van der Waals surface area contributed by atoms with E-state index in [1.54, 1.807) is 0 Å². The summed E-state index contributed by atoms with van der Waals surface area (Å²) in [4.78, 5) is 17.5. The van der Waals surface area contributed by atoms with Crippen molar-refractivity contribution in [2.45, 2.75) is 0 Å². The number of rotatable bonds is 3. The van der Waals surface area contributed by atoms with Crippen LogP contribution in [0, 0.1) is 15.9 Å². The Labute approximate surface area is 129 Å². The lowest BCUT2D eigenvalue weighted by atomic mass is 10.3. The molecule has 0 N–H and O–H groups in total. The molecule has 1 heterocycles. The summed E-state index contributed by atoms with van der Waals surface area (Å²) >= 11 is 14.2. The number of ether oxygens (including phenoxy) is 1. The van der Waals surface area contributed by atoms with Crippen molar-refractivity contribution in [1.82, 2.24) is 9.97 Å². The van der Waals surface area contributed by atoms with Crippen LogP contribution in [0.3, 0.4) is 0 Å². The Hall–Kier alpha value is -1.51. The highest BCUT2D eigenvalue weighted by Gasteiger charge is 2.21. The molecule has 1 aromatic heterocycles. The van der Waals surface area contributed by atoms with Gasteiger partial charge in [0.2, 0.25) is 16.9 Å². The molecule has 10 heteroatoms. The Balaban J connectivity index is 2.50. The molecule has 6 nitrogen and oxygen atoms in total. The molecule has 0 aliphatic rings. The van der Waals surface area contributed by atoms with Gasteiger partial charge in [-0.05, 0) is 27.5 Å². The Morgan fingerprint density at radius 1 is 1.40 bits per heavy atom. The molecule has 2 rings (SSSR count). The Morgan fingerprint density at radius 2 is 2.10 bits per heavy atom. The first kappa shape index (κ1) is 14.9. The van der Waals surface area contributed by atoms with E-state index in [9.17, 15) is 14.5 Å². The van der Waals surface area contributed by atoms with Crippen LogP contribution in [-0.2, 0) is 0 Å². The van der Waals surface area contributed by atoms with E-state index in [4.69, 9.17) is 27.9 Å². The molecule has 0 saturated carbocycles. The number of nitro benzene ring substituents is 1. The minimum absolute atomic E-state index is 0.0213. The fraction of sp³-hybridized carbons (Fsp3) is 0. The van der Waals surface area contributed by atoms with Crippen molar-refractivity contribution < 1.29 is 14.1 Å². The summed E-state index contributed by atoms with van der Waals surface area (Å²) in [7, 11) is 0. The summed E-state index contributed by atoms with van der Waals surface area (Å²) < 4.78 is 18.5. The lowest BCUT2D eigenvalue weighted by Crippen LogP contribution is -1.97. The van der Waals surface area contributed by atoms with Gasteiger partial charge >= 0.3 is 5.69 Å². The molecule has 0 atom stereocenters. The Kier molecular flexibility index (Phi) is 4.36. The van der Waals surface area contributed by atoms with E-state index in [0.29, 0.717) is 0 Å². The van der Waals surface area contributed by atoms with Gasteiger partial charge in [0, 0.05) is 12.1 Å². The van der Waals surface area contributed by atoms with E-state index in [2.05, 4.69) is 25.9 Å². The highest BCUT2D eigenvalue weighted by Crippen LogP contribution is 2.36. The van der Waals surface area contributed by atoms with E-state index < -0.39 is 16.4 Å². The highest BCUT2D eigenvalue weighted by atomic mass is 79.9. The van der Waals surface area contributed by atoms with Crippen molar-refractivity contribution >= 4 is 44.8 Å². The first-order valence-corrected chi connectivity index (χ1v) is 6.42. The highest BCUT2D eigenvalue weighted by molar-refractivity contribution is 9.10. The second-order valence-electron chi connectivity index (χ2n) is 3.39. The summed E-state index contributed by atoms with van der Waals surface area (Å²) in [6.07, 6.45) is 1.16. The van der Waals surface area contributed by atoms with E-state index in [-0.39, 0.29) is 26.4 Å². The van der Waals surface area contributed by atoms with Crippen molar-refractivity contribution in [3.63, 3.8) is 0 Å². The summed E-state index contributed by atoms with van der Waals surface area (Å²) in [6, 6.07) is 1.82. The van der Waals surface area contributed by atoms with Crippen LogP contribution < -0.4 is 4.74 Å². The molecule has 0 aliphatic carbocycles. The van der Waals surface area contributed by atoms with Crippen molar-refractivity contribution in [1.29, 1.82) is 0 Å². The number of nitro groups is 1. The number of benzene rings is 1. The number of hydrogen-bond donors (Lipinski definition) is 0. The predicted molar refractivity (Wildman–Crippen MR) is 72.9 cm³/mol. The van der Waals surface area contributed by atoms with Crippen LogP contribution in [0.25, 0.3) is 0 Å². The van der Waals surface area contributed by atoms with Crippen LogP contribution in [0.1, 0.15) is 0 Å². The standard InChI is InChI=1S/C10H3BrCl2FN3O3/c11-4-1-7(17(18)19)8(2-6(4)14)20-9-5(12)3-15-10(13)16-9/h1-3H. The first-order chi connectivity index (χ1) is 9.38. The maximum Gasteiger partial charge on any atom is 0.312 e. The molecule has 0 bridgehead atoms. The molecule has 0 fully saturated rings. The Bertz CT molecular complexity index is 702. The summed E-state index contributed by atoms with van der Waals surface area (Å²) in [5, 5.41) is 10.7. The summed E-state index contributed by atoms with van der Waals surface area (Å²) in [5.74, 6) is -1.30. The third-order valence-electron chi connectivity index (χ3n) is 2.09. The average Bonchev–Trinajstić information content (AvgIpc) is 2.37. The zero-order valence-electron chi connectivity index (χ0n) is 9.31. The lowest BCUT2D eigenvalue weighted by Gasteiger charge is -2.07. The first-order valence-electron chi connectivity index (χ1n) is 4.88. The molecule has 0 saturated heterocycles. The quantitative estimate of drug-likeness (QED) is 0.447. The molecule has 104 valence electrons. The minimum atomic E-state index is -0.734. The van der Waals surface area contributed by atoms with Crippen LogP contribution in [0.15, 0.2) is 22.8 Å². The zero-order chi connectivity index (χ0) is 14.9. The van der Waals surface area contributed by atoms with E-state index >= 15 is 0 Å². The Morgan fingerprint density at radius 3 is 2.75 bits per heavy atom. The van der Waals surface area contributed by atoms with Crippen molar-refractivity contribution in [2.24, 2.45) is 0 Å². The van der Waals surface area contributed by atoms with Gasteiger partial charge in [0.15, 0.2) is 0 Å². The van der Waals surface area contributed by atoms with Gasteiger partial charge in [0.05, 0.1) is 15.6 Å². The fourth-order valence-electron chi connectivity index (χ4n) is 1.25. The largest absolute Gasteiger partial charge is 0.430 e. The van der Waals surface area contributed by atoms with Crippen LogP contribution >= 0.6 is 39.1 Å². The maximum atomic E-state index is 13.5. The molecule has 1 aromatic carbocycles. The van der Waals surface area contributed by atoms with Crippen molar-refractivity contribution in [3.05, 3.63) is 49.0 Å². The van der Waals surface area contributed by atoms with Gasteiger partial charge in [-0.3, -0.25) is 10.1 Å². The monoisotopic (exact) mass is 381 g/mol. The van der Waals surface area contributed by atoms with Crippen molar-refractivity contribution in [2.75, 3.05) is 0 Å². The maximum absolute atomic E-state index is 13.5. The SMILES string of the molecule is O=[N+]([O-])c1cc(Br)c(F)cc1Oc1nc(Cl)ncc1Cl. The number of nitrogens with zero attached hydrogens (tertiary/aromatic N) is 3. The average molecular weight is 383 g/mol. The molecule has 0 amide bonds. The van der Waals surface area contributed by atoms with Gasteiger partial charge in [0.1, 0.15) is 10.8 Å².